The van der Waals surface area contributed by atoms with Crippen LogP contribution in [0.2, 0.25) is 0 Å². The van der Waals surface area contributed by atoms with E-state index in [2.05, 4.69) is 0 Å². The molecule has 0 atom stereocenters. The number of carbonyl (C=O) groups is 2. The summed E-state index contributed by atoms with van der Waals surface area (Å²) in [6.45, 7) is 1.97. The van der Waals surface area contributed by atoms with Crippen LogP contribution in [-0.4, -0.2) is 18.9 Å². The third kappa shape index (κ3) is 2.99. The fourth-order valence-corrected chi connectivity index (χ4v) is 3.40. The lowest BCUT2D eigenvalue weighted by molar-refractivity contribution is -0.120. The first-order valence-electron chi connectivity index (χ1n) is 9.12. The van der Waals surface area contributed by atoms with Gasteiger partial charge in [-0.2, -0.15) is 0 Å². The first-order chi connectivity index (χ1) is 13.6. The minimum atomic E-state index is -0.320. The Morgan fingerprint density at radius 2 is 1.29 bits per heavy atom. The Morgan fingerprint density at radius 1 is 0.714 bits per heavy atom. The van der Waals surface area contributed by atoms with Crippen LogP contribution in [0, 0.1) is 6.92 Å². The molecule has 0 unspecified atom stereocenters. The number of anilines is 2. The summed E-state index contributed by atoms with van der Waals surface area (Å²) in [6, 6.07) is 26.3. The predicted octanol–water partition coefficient (Wildman–Crippen LogP) is 4.42. The van der Waals surface area contributed by atoms with Crippen LogP contribution >= 0.6 is 0 Å². The van der Waals surface area contributed by atoms with Crippen molar-refractivity contribution in [3.63, 3.8) is 0 Å². The normalized spacial score (nSPS) is 14.0. The van der Waals surface area contributed by atoms with Crippen molar-refractivity contribution in [3.8, 4) is 0 Å². The van der Waals surface area contributed by atoms with E-state index in [1.165, 1.54) is 4.90 Å². The molecule has 1 aliphatic rings. The Kier molecular flexibility index (Phi) is 4.53. The fraction of sp³-hybridized carbons (Fsp3) is 0.0833. The van der Waals surface area contributed by atoms with Crippen molar-refractivity contribution in [2.45, 2.75) is 6.92 Å². The Labute approximate surface area is 164 Å². The summed E-state index contributed by atoms with van der Waals surface area (Å²) in [5.74, 6) is -0.628. The van der Waals surface area contributed by atoms with Crippen molar-refractivity contribution in [1.82, 2.24) is 0 Å². The van der Waals surface area contributed by atoms with Crippen LogP contribution in [0.1, 0.15) is 11.1 Å². The maximum absolute atomic E-state index is 13.4. The summed E-state index contributed by atoms with van der Waals surface area (Å²) < 4.78 is 0. The molecule has 0 aliphatic carbocycles. The number of likely N-dealkylation sites (N-methyl/N-ethyl adjacent to an activating group) is 1. The second-order valence-electron chi connectivity index (χ2n) is 6.77. The van der Waals surface area contributed by atoms with Crippen molar-refractivity contribution in [1.29, 1.82) is 0 Å². The molecule has 28 heavy (non-hydrogen) atoms. The van der Waals surface area contributed by atoms with E-state index in [0.717, 1.165) is 16.8 Å². The minimum Gasteiger partial charge on any atom is -0.339 e. The molecule has 3 aromatic carbocycles. The summed E-state index contributed by atoms with van der Waals surface area (Å²) in [5, 5.41) is 0. The zero-order chi connectivity index (χ0) is 19.7. The van der Waals surface area contributed by atoms with Gasteiger partial charge >= 0.3 is 0 Å². The van der Waals surface area contributed by atoms with Crippen molar-refractivity contribution in [2.75, 3.05) is 16.8 Å². The molecule has 4 nitrogen and oxygen atoms in total. The molecule has 0 radical (unpaired) electrons. The van der Waals surface area contributed by atoms with Gasteiger partial charge in [0.1, 0.15) is 5.70 Å². The predicted molar refractivity (Wildman–Crippen MR) is 112 cm³/mol. The number of carbonyl (C=O) groups excluding carboxylic acids is 2. The number of nitrogens with zero attached hydrogens (tertiary/aromatic N) is 2. The maximum Gasteiger partial charge on any atom is 0.282 e. The Balaban J connectivity index is 1.86. The van der Waals surface area contributed by atoms with Gasteiger partial charge in [0.15, 0.2) is 0 Å². The SMILES string of the molecule is Cc1ccc(N2C(=O)C(c3ccccc3)=C(N(C)c3ccccc3)C2=O)cc1. The largest absolute Gasteiger partial charge is 0.339 e. The summed E-state index contributed by atoms with van der Waals surface area (Å²) >= 11 is 0. The maximum atomic E-state index is 13.4. The lowest BCUT2D eigenvalue weighted by atomic mass is 10.0. The van der Waals surface area contributed by atoms with Gasteiger partial charge in [-0.25, -0.2) is 4.90 Å². The molecule has 0 fully saturated rings. The molecule has 0 spiro atoms. The van der Waals surface area contributed by atoms with E-state index in [-0.39, 0.29) is 11.8 Å². The number of aryl methyl sites for hydroxylation is 1. The highest BCUT2D eigenvalue weighted by molar-refractivity contribution is 6.46. The van der Waals surface area contributed by atoms with Crippen LogP contribution in [0.5, 0.6) is 0 Å². The summed E-state index contributed by atoms with van der Waals surface area (Å²) in [6.07, 6.45) is 0. The first kappa shape index (κ1) is 17.7. The zero-order valence-corrected chi connectivity index (χ0v) is 15.8. The Bertz CT molecular complexity index is 1050. The molecular weight excluding hydrogens is 348 g/mol. The molecule has 4 rings (SSSR count). The number of amides is 2. The van der Waals surface area contributed by atoms with E-state index >= 15 is 0 Å². The highest BCUT2D eigenvalue weighted by Gasteiger charge is 2.41. The van der Waals surface area contributed by atoms with Gasteiger partial charge in [0.05, 0.1) is 11.3 Å². The molecular formula is C24H20N2O2. The van der Waals surface area contributed by atoms with Gasteiger partial charge in [0, 0.05) is 12.7 Å². The highest BCUT2D eigenvalue weighted by atomic mass is 16.2. The molecule has 4 heteroatoms. The van der Waals surface area contributed by atoms with Crippen LogP contribution in [-0.2, 0) is 9.59 Å². The molecule has 0 saturated carbocycles. The second-order valence-corrected chi connectivity index (χ2v) is 6.77. The fourth-order valence-electron chi connectivity index (χ4n) is 3.40. The average Bonchev–Trinajstić information content (AvgIpc) is 2.99. The monoisotopic (exact) mass is 368 g/mol. The van der Waals surface area contributed by atoms with Gasteiger partial charge in [-0.15, -0.1) is 0 Å². The molecule has 138 valence electrons. The Morgan fingerprint density at radius 3 is 1.89 bits per heavy atom. The van der Waals surface area contributed by atoms with Crippen molar-refractivity contribution in [3.05, 3.63) is 102 Å². The number of benzene rings is 3. The smallest absolute Gasteiger partial charge is 0.282 e. The Hall–Kier alpha value is -3.66. The van der Waals surface area contributed by atoms with Crippen LogP contribution in [0.4, 0.5) is 11.4 Å². The number of hydrogen-bond donors (Lipinski definition) is 0. The van der Waals surface area contributed by atoms with E-state index < -0.39 is 0 Å². The number of hydrogen-bond acceptors (Lipinski definition) is 3. The summed E-state index contributed by atoms with van der Waals surface area (Å²) in [7, 11) is 1.82. The average molecular weight is 368 g/mol. The molecule has 0 aromatic heterocycles. The molecule has 2 amide bonds. The molecule has 1 aliphatic heterocycles. The molecule has 0 N–H and O–H groups in total. The summed E-state index contributed by atoms with van der Waals surface area (Å²) in [4.78, 5) is 29.8. The quantitative estimate of drug-likeness (QED) is 0.640. The van der Waals surface area contributed by atoms with Crippen LogP contribution in [0.15, 0.2) is 90.6 Å². The number of rotatable bonds is 4. The van der Waals surface area contributed by atoms with Crippen molar-refractivity contribution in [2.24, 2.45) is 0 Å². The third-order valence-electron chi connectivity index (χ3n) is 4.89. The lowest BCUT2D eigenvalue weighted by Crippen LogP contribution is -2.34. The molecule has 0 saturated heterocycles. The van der Waals surface area contributed by atoms with E-state index in [0.29, 0.717) is 17.0 Å². The molecule has 1 heterocycles. The van der Waals surface area contributed by atoms with Crippen LogP contribution < -0.4 is 9.80 Å². The van der Waals surface area contributed by atoms with Gasteiger partial charge < -0.3 is 4.90 Å². The van der Waals surface area contributed by atoms with E-state index in [1.54, 1.807) is 17.0 Å². The van der Waals surface area contributed by atoms with Gasteiger partial charge in [-0.05, 0) is 36.8 Å². The van der Waals surface area contributed by atoms with Crippen molar-refractivity contribution >= 4 is 28.8 Å². The minimum absolute atomic E-state index is 0.308. The topological polar surface area (TPSA) is 40.6 Å². The molecule has 3 aromatic rings. The lowest BCUT2D eigenvalue weighted by Gasteiger charge is -2.21. The standard InChI is InChI=1S/C24H20N2O2/c1-17-13-15-20(16-14-17)26-23(27)21(18-9-5-3-6-10-18)22(24(26)28)25(2)19-11-7-4-8-12-19/h3-16H,1-2H3. The summed E-state index contributed by atoms with van der Waals surface area (Å²) in [5.41, 5.74) is 4.01. The van der Waals surface area contributed by atoms with Gasteiger partial charge in [0.2, 0.25) is 0 Å². The van der Waals surface area contributed by atoms with Gasteiger partial charge in [0.25, 0.3) is 11.8 Å². The van der Waals surface area contributed by atoms with E-state index in [9.17, 15) is 9.59 Å². The third-order valence-corrected chi connectivity index (χ3v) is 4.89. The number of para-hydroxylation sites is 1. The van der Waals surface area contributed by atoms with E-state index in [4.69, 9.17) is 0 Å². The van der Waals surface area contributed by atoms with E-state index in [1.807, 2.05) is 86.8 Å². The molecule has 0 bridgehead atoms. The number of imide groups is 1. The van der Waals surface area contributed by atoms with Gasteiger partial charge in [-0.3, -0.25) is 9.59 Å². The van der Waals surface area contributed by atoms with Gasteiger partial charge in [-0.1, -0.05) is 66.2 Å². The van der Waals surface area contributed by atoms with Crippen molar-refractivity contribution < 1.29 is 9.59 Å². The zero-order valence-electron chi connectivity index (χ0n) is 15.8. The first-order valence-corrected chi connectivity index (χ1v) is 9.12. The van der Waals surface area contributed by atoms with Crippen LogP contribution in [0.25, 0.3) is 5.57 Å². The highest BCUT2D eigenvalue weighted by Crippen LogP contribution is 2.35. The second kappa shape index (κ2) is 7.16. The van der Waals surface area contributed by atoms with Crippen LogP contribution in [0.3, 0.4) is 0 Å².